The van der Waals surface area contributed by atoms with Gasteiger partial charge < -0.3 is 14.6 Å². The number of methoxy groups -OCH3 is 1. The van der Waals surface area contributed by atoms with Crippen molar-refractivity contribution in [2.24, 2.45) is 0 Å². The van der Waals surface area contributed by atoms with E-state index in [1.807, 2.05) is 6.92 Å². The zero-order valence-electron chi connectivity index (χ0n) is 10.6. The summed E-state index contributed by atoms with van der Waals surface area (Å²) in [6.45, 7) is 1.76. The van der Waals surface area contributed by atoms with Gasteiger partial charge in [0.1, 0.15) is 0 Å². The lowest BCUT2D eigenvalue weighted by Crippen LogP contribution is -1.96. The molecule has 6 heteroatoms. The van der Waals surface area contributed by atoms with E-state index in [1.165, 1.54) is 7.11 Å². The minimum absolute atomic E-state index is 0.0605. The molecule has 100 valence electrons. The summed E-state index contributed by atoms with van der Waals surface area (Å²) in [7, 11) is 1.53. The Morgan fingerprint density at radius 2 is 2.11 bits per heavy atom. The third kappa shape index (κ3) is 3.13. The van der Waals surface area contributed by atoms with Crippen LogP contribution in [0.3, 0.4) is 0 Å². The molecular formula is C13H13ClN2O3. The first-order valence-electron chi connectivity index (χ1n) is 5.59. The van der Waals surface area contributed by atoms with Crippen molar-refractivity contribution in [2.45, 2.75) is 13.5 Å². The van der Waals surface area contributed by atoms with Gasteiger partial charge >= 0.3 is 0 Å². The Morgan fingerprint density at radius 1 is 1.32 bits per heavy atom. The third-order valence-corrected chi connectivity index (χ3v) is 2.70. The van der Waals surface area contributed by atoms with E-state index in [9.17, 15) is 0 Å². The maximum Gasteiger partial charge on any atom is 0.226 e. The van der Waals surface area contributed by atoms with Gasteiger partial charge in [0.25, 0.3) is 0 Å². The monoisotopic (exact) mass is 280 g/mol. The average Bonchev–Trinajstić information content (AvgIpc) is 2.43. The number of hydrogen-bond acceptors (Lipinski definition) is 5. The van der Waals surface area contributed by atoms with Crippen LogP contribution in [-0.2, 0) is 6.61 Å². The fourth-order valence-electron chi connectivity index (χ4n) is 1.51. The molecule has 0 radical (unpaired) electrons. The predicted molar refractivity (Wildman–Crippen MR) is 70.8 cm³/mol. The highest BCUT2D eigenvalue weighted by Crippen LogP contribution is 2.32. The molecule has 1 heterocycles. The molecule has 0 aliphatic heterocycles. The number of rotatable bonds is 4. The number of aryl methyl sites for hydroxylation is 1. The minimum atomic E-state index is -0.0605. The molecule has 5 nitrogen and oxygen atoms in total. The molecule has 0 fully saturated rings. The highest BCUT2D eigenvalue weighted by atomic mass is 35.5. The van der Waals surface area contributed by atoms with Crippen molar-refractivity contribution >= 4 is 11.6 Å². The van der Waals surface area contributed by atoms with Crippen LogP contribution in [0, 0.1) is 6.92 Å². The Labute approximate surface area is 115 Å². The molecule has 1 aromatic heterocycles. The lowest BCUT2D eigenvalue weighted by Gasteiger charge is -2.12. The molecular weight excluding hydrogens is 268 g/mol. The van der Waals surface area contributed by atoms with Crippen molar-refractivity contribution in [3.63, 3.8) is 0 Å². The number of nitrogens with zero attached hydrogens (tertiary/aromatic N) is 2. The summed E-state index contributed by atoms with van der Waals surface area (Å²) >= 11 is 5.74. The van der Waals surface area contributed by atoms with Crippen LogP contribution < -0.4 is 9.47 Å². The normalized spacial score (nSPS) is 10.3. The van der Waals surface area contributed by atoms with Gasteiger partial charge in [-0.25, -0.2) is 4.98 Å². The van der Waals surface area contributed by atoms with Crippen LogP contribution in [0.15, 0.2) is 24.4 Å². The smallest absolute Gasteiger partial charge is 0.226 e. The Morgan fingerprint density at radius 3 is 2.79 bits per heavy atom. The van der Waals surface area contributed by atoms with Crippen molar-refractivity contribution in [1.82, 2.24) is 9.97 Å². The van der Waals surface area contributed by atoms with Crippen molar-refractivity contribution in [3.05, 3.63) is 40.8 Å². The van der Waals surface area contributed by atoms with Gasteiger partial charge in [-0.1, -0.05) is 6.07 Å². The molecule has 0 amide bonds. The number of hydrogen-bond donors (Lipinski definition) is 1. The van der Waals surface area contributed by atoms with E-state index in [1.54, 1.807) is 24.4 Å². The van der Waals surface area contributed by atoms with Gasteiger partial charge in [0, 0.05) is 11.8 Å². The summed E-state index contributed by atoms with van der Waals surface area (Å²) < 4.78 is 10.9. The zero-order valence-corrected chi connectivity index (χ0v) is 11.3. The standard InChI is InChI=1S/C13H13ClN2O3/c1-8-6-15-13(14)16-12(8)19-10-4-3-9(7-17)5-11(10)18-2/h3-6,17H,7H2,1-2H3. The molecule has 2 aromatic rings. The zero-order chi connectivity index (χ0) is 13.8. The van der Waals surface area contributed by atoms with E-state index < -0.39 is 0 Å². The van der Waals surface area contributed by atoms with Gasteiger partial charge in [-0.15, -0.1) is 0 Å². The average molecular weight is 281 g/mol. The van der Waals surface area contributed by atoms with Gasteiger partial charge in [-0.05, 0) is 36.2 Å². The van der Waals surface area contributed by atoms with E-state index in [-0.39, 0.29) is 11.9 Å². The van der Waals surface area contributed by atoms with Gasteiger partial charge in [-0.3, -0.25) is 0 Å². The maximum absolute atomic E-state index is 9.08. The number of aromatic nitrogens is 2. The Kier molecular flexibility index (Phi) is 4.19. The highest BCUT2D eigenvalue weighted by molar-refractivity contribution is 6.28. The molecule has 0 atom stereocenters. The molecule has 1 N–H and O–H groups in total. The third-order valence-electron chi connectivity index (χ3n) is 2.51. The number of aliphatic hydroxyl groups is 1. The summed E-state index contributed by atoms with van der Waals surface area (Å²) in [4.78, 5) is 7.87. The molecule has 0 saturated carbocycles. The van der Waals surface area contributed by atoms with Gasteiger partial charge in [-0.2, -0.15) is 4.98 Å². The molecule has 2 rings (SSSR count). The highest BCUT2D eigenvalue weighted by Gasteiger charge is 2.10. The summed E-state index contributed by atoms with van der Waals surface area (Å²) in [5, 5.41) is 9.20. The number of aliphatic hydroxyl groups excluding tert-OH is 1. The Balaban J connectivity index is 2.35. The van der Waals surface area contributed by atoms with Gasteiger partial charge in [0.15, 0.2) is 11.5 Å². The molecule has 19 heavy (non-hydrogen) atoms. The number of halogens is 1. The number of ether oxygens (including phenoxy) is 2. The van der Waals surface area contributed by atoms with Crippen LogP contribution in [0.1, 0.15) is 11.1 Å². The van der Waals surface area contributed by atoms with Crippen molar-refractivity contribution in [3.8, 4) is 17.4 Å². The summed E-state index contributed by atoms with van der Waals surface area (Å²) in [6, 6.07) is 5.16. The molecule has 0 bridgehead atoms. The topological polar surface area (TPSA) is 64.5 Å². The molecule has 1 aromatic carbocycles. The van der Waals surface area contributed by atoms with Crippen LogP contribution in [-0.4, -0.2) is 22.2 Å². The van der Waals surface area contributed by atoms with Crippen LogP contribution in [0.2, 0.25) is 5.28 Å². The van der Waals surface area contributed by atoms with Crippen molar-refractivity contribution in [1.29, 1.82) is 0 Å². The second-order valence-corrected chi connectivity index (χ2v) is 4.21. The van der Waals surface area contributed by atoms with Crippen LogP contribution in [0.5, 0.6) is 17.4 Å². The largest absolute Gasteiger partial charge is 0.493 e. The molecule has 0 aliphatic rings. The van der Waals surface area contributed by atoms with E-state index in [2.05, 4.69) is 9.97 Å². The van der Waals surface area contributed by atoms with Crippen LogP contribution in [0.25, 0.3) is 0 Å². The van der Waals surface area contributed by atoms with Gasteiger partial charge in [0.2, 0.25) is 11.2 Å². The summed E-state index contributed by atoms with van der Waals surface area (Å²) in [5.74, 6) is 1.38. The second kappa shape index (κ2) is 5.86. The fourth-order valence-corrected chi connectivity index (χ4v) is 1.63. The molecule has 0 aliphatic carbocycles. The number of benzene rings is 1. The predicted octanol–water partition coefficient (Wildman–Crippen LogP) is 2.73. The first-order valence-corrected chi connectivity index (χ1v) is 5.96. The van der Waals surface area contributed by atoms with Crippen LogP contribution in [0.4, 0.5) is 0 Å². The lowest BCUT2D eigenvalue weighted by molar-refractivity contribution is 0.280. The van der Waals surface area contributed by atoms with E-state index in [0.717, 1.165) is 11.1 Å². The van der Waals surface area contributed by atoms with E-state index in [4.69, 9.17) is 26.2 Å². The molecule has 0 unspecified atom stereocenters. The Bertz CT molecular complexity index is 590. The first-order chi connectivity index (χ1) is 9.13. The quantitative estimate of drug-likeness (QED) is 0.873. The minimum Gasteiger partial charge on any atom is -0.493 e. The van der Waals surface area contributed by atoms with E-state index in [0.29, 0.717) is 17.4 Å². The Hall–Kier alpha value is -1.85. The fraction of sp³-hybridized carbons (Fsp3) is 0.231. The van der Waals surface area contributed by atoms with Crippen LogP contribution >= 0.6 is 11.6 Å². The summed E-state index contributed by atoms with van der Waals surface area (Å²) in [6.07, 6.45) is 1.58. The van der Waals surface area contributed by atoms with Gasteiger partial charge in [0.05, 0.1) is 13.7 Å². The van der Waals surface area contributed by atoms with Crippen molar-refractivity contribution in [2.75, 3.05) is 7.11 Å². The maximum atomic E-state index is 9.08. The summed E-state index contributed by atoms with van der Waals surface area (Å²) in [5.41, 5.74) is 1.50. The SMILES string of the molecule is COc1cc(CO)ccc1Oc1nc(Cl)ncc1C. The van der Waals surface area contributed by atoms with E-state index >= 15 is 0 Å². The first kappa shape index (κ1) is 13.6. The lowest BCUT2D eigenvalue weighted by atomic mass is 10.2. The van der Waals surface area contributed by atoms with Crippen molar-refractivity contribution < 1.29 is 14.6 Å². The second-order valence-electron chi connectivity index (χ2n) is 3.87. The molecule has 0 spiro atoms. The molecule has 0 saturated heterocycles.